The van der Waals surface area contributed by atoms with Crippen LogP contribution in [0.1, 0.15) is 6.42 Å². The molecule has 0 N–H and O–H groups in total. The van der Waals surface area contributed by atoms with E-state index in [0.29, 0.717) is 18.2 Å². The number of rotatable bonds is 4. The zero-order chi connectivity index (χ0) is 16.5. The summed E-state index contributed by atoms with van der Waals surface area (Å²) in [5.41, 5.74) is 0. The molecule has 0 bridgehead atoms. The first-order chi connectivity index (χ1) is 10.2. The summed E-state index contributed by atoms with van der Waals surface area (Å²) >= 11 is 0. The first kappa shape index (κ1) is 16.9. The van der Waals surface area contributed by atoms with Crippen molar-refractivity contribution < 1.29 is 25.6 Å². The lowest BCUT2D eigenvalue weighted by Crippen LogP contribution is -2.41. The SMILES string of the molecule is C#CCN(C1CCS(=O)(=O)C1)S(=O)(=O)c1cc(F)cc(F)c1. The minimum absolute atomic E-state index is 0.0983. The Morgan fingerprint density at radius 2 is 1.86 bits per heavy atom. The molecule has 22 heavy (non-hydrogen) atoms. The molecule has 0 amide bonds. The summed E-state index contributed by atoms with van der Waals surface area (Å²) in [5.74, 6) is -0.447. The van der Waals surface area contributed by atoms with Gasteiger partial charge in [0.2, 0.25) is 10.0 Å². The third kappa shape index (κ3) is 3.45. The molecule has 0 spiro atoms. The van der Waals surface area contributed by atoms with Crippen molar-refractivity contribution in [2.24, 2.45) is 0 Å². The summed E-state index contributed by atoms with van der Waals surface area (Å²) in [5, 5.41) is 0. The van der Waals surface area contributed by atoms with Gasteiger partial charge in [0.25, 0.3) is 0 Å². The maximum atomic E-state index is 13.2. The Morgan fingerprint density at radius 1 is 1.27 bits per heavy atom. The predicted molar refractivity (Wildman–Crippen MR) is 76.1 cm³/mol. The molecule has 1 fully saturated rings. The molecular formula is C13H13F2NO4S2. The van der Waals surface area contributed by atoms with Gasteiger partial charge >= 0.3 is 0 Å². The Kier molecular flexibility index (Phi) is 4.56. The normalized spacial score (nSPS) is 20.9. The van der Waals surface area contributed by atoms with Crippen LogP contribution in [-0.4, -0.2) is 45.2 Å². The van der Waals surface area contributed by atoms with Crippen LogP contribution in [0.3, 0.4) is 0 Å². The molecule has 1 aromatic carbocycles. The molecule has 9 heteroatoms. The van der Waals surface area contributed by atoms with Gasteiger partial charge in [0.15, 0.2) is 9.84 Å². The van der Waals surface area contributed by atoms with Gasteiger partial charge in [0, 0.05) is 12.1 Å². The number of halogens is 2. The van der Waals surface area contributed by atoms with Crippen molar-refractivity contribution in [2.75, 3.05) is 18.1 Å². The molecule has 5 nitrogen and oxygen atoms in total. The molecule has 1 atom stereocenters. The molecule has 1 unspecified atom stereocenters. The van der Waals surface area contributed by atoms with Gasteiger partial charge in [-0.2, -0.15) is 4.31 Å². The van der Waals surface area contributed by atoms with Crippen LogP contribution in [0.5, 0.6) is 0 Å². The highest BCUT2D eigenvalue weighted by Gasteiger charge is 2.38. The molecule has 1 aromatic rings. The molecule has 0 saturated carbocycles. The molecule has 1 heterocycles. The van der Waals surface area contributed by atoms with Crippen molar-refractivity contribution in [3.05, 3.63) is 29.8 Å². The van der Waals surface area contributed by atoms with E-state index in [1.54, 1.807) is 0 Å². The number of sulfonamides is 1. The van der Waals surface area contributed by atoms with Crippen molar-refractivity contribution in [1.82, 2.24) is 4.31 Å². The molecular weight excluding hydrogens is 336 g/mol. The number of sulfone groups is 1. The van der Waals surface area contributed by atoms with Crippen LogP contribution in [0.25, 0.3) is 0 Å². The third-order valence-electron chi connectivity index (χ3n) is 3.31. The Bertz CT molecular complexity index is 808. The summed E-state index contributed by atoms with van der Waals surface area (Å²) in [4.78, 5) is -0.593. The fourth-order valence-corrected chi connectivity index (χ4v) is 5.75. The lowest BCUT2D eigenvalue weighted by molar-refractivity contribution is 0.370. The van der Waals surface area contributed by atoms with Gasteiger partial charge < -0.3 is 0 Å². The molecule has 1 aliphatic rings. The summed E-state index contributed by atoms with van der Waals surface area (Å²) in [6.45, 7) is -0.374. The first-order valence-corrected chi connectivity index (χ1v) is 9.54. The van der Waals surface area contributed by atoms with Crippen molar-refractivity contribution in [3.8, 4) is 12.3 Å². The monoisotopic (exact) mass is 349 g/mol. The smallest absolute Gasteiger partial charge is 0.229 e. The number of nitrogens with zero attached hydrogens (tertiary/aromatic N) is 1. The van der Waals surface area contributed by atoms with E-state index in [4.69, 9.17) is 6.42 Å². The van der Waals surface area contributed by atoms with E-state index in [1.165, 1.54) is 0 Å². The van der Waals surface area contributed by atoms with Crippen LogP contribution in [0.4, 0.5) is 8.78 Å². The fourth-order valence-electron chi connectivity index (χ4n) is 2.32. The van der Waals surface area contributed by atoms with Crippen molar-refractivity contribution >= 4 is 19.9 Å². The minimum Gasteiger partial charge on any atom is -0.229 e. The van der Waals surface area contributed by atoms with Crippen LogP contribution in [-0.2, 0) is 19.9 Å². The van der Waals surface area contributed by atoms with Crippen molar-refractivity contribution in [2.45, 2.75) is 17.4 Å². The highest BCUT2D eigenvalue weighted by molar-refractivity contribution is 7.92. The topological polar surface area (TPSA) is 71.5 Å². The van der Waals surface area contributed by atoms with E-state index in [0.717, 1.165) is 4.31 Å². The van der Waals surface area contributed by atoms with Crippen molar-refractivity contribution in [3.63, 3.8) is 0 Å². The molecule has 1 saturated heterocycles. The summed E-state index contributed by atoms with van der Waals surface area (Å²) in [6.07, 6.45) is 5.24. The van der Waals surface area contributed by atoms with Crippen molar-refractivity contribution in [1.29, 1.82) is 0 Å². The van der Waals surface area contributed by atoms with Gasteiger partial charge in [0.05, 0.1) is 22.9 Å². The maximum Gasteiger partial charge on any atom is 0.244 e. The zero-order valence-electron chi connectivity index (χ0n) is 11.4. The van der Waals surface area contributed by atoms with Crippen LogP contribution in [0.2, 0.25) is 0 Å². The lowest BCUT2D eigenvalue weighted by atomic mass is 10.3. The largest absolute Gasteiger partial charge is 0.244 e. The molecule has 0 aromatic heterocycles. The first-order valence-electron chi connectivity index (χ1n) is 6.27. The van der Waals surface area contributed by atoms with Gasteiger partial charge in [-0.05, 0) is 18.6 Å². The zero-order valence-corrected chi connectivity index (χ0v) is 13.0. The van der Waals surface area contributed by atoms with E-state index in [1.807, 2.05) is 0 Å². The van der Waals surface area contributed by atoms with Gasteiger partial charge in [-0.3, -0.25) is 0 Å². The lowest BCUT2D eigenvalue weighted by Gasteiger charge is -2.25. The van der Waals surface area contributed by atoms with E-state index >= 15 is 0 Å². The Morgan fingerprint density at radius 3 is 2.32 bits per heavy atom. The predicted octanol–water partition coefficient (Wildman–Crippen LogP) is 0.776. The summed E-state index contributed by atoms with van der Waals surface area (Å²) in [6, 6.07) is 1.05. The Hall–Kier alpha value is -1.50. The number of terminal acetylenes is 1. The second-order valence-electron chi connectivity index (χ2n) is 4.92. The average molecular weight is 349 g/mol. The number of benzene rings is 1. The molecule has 0 radical (unpaired) electrons. The van der Waals surface area contributed by atoms with Gasteiger partial charge in [-0.25, -0.2) is 25.6 Å². The molecule has 120 valence electrons. The minimum atomic E-state index is -4.30. The van der Waals surface area contributed by atoms with Crippen LogP contribution < -0.4 is 0 Å². The standard InChI is InChI=1S/C13H13F2NO4S2/c1-2-4-16(12-3-5-21(17,18)9-12)22(19,20)13-7-10(14)6-11(15)8-13/h1,6-8,12H,3-5,9H2. The van der Waals surface area contributed by atoms with Crippen LogP contribution >= 0.6 is 0 Å². The fraction of sp³-hybridized carbons (Fsp3) is 0.385. The van der Waals surface area contributed by atoms with E-state index in [-0.39, 0.29) is 24.5 Å². The summed E-state index contributed by atoms with van der Waals surface area (Å²) < 4.78 is 75.4. The quantitative estimate of drug-likeness (QED) is 0.753. The van der Waals surface area contributed by atoms with Gasteiger partial charge in [0.1, 0.15) is 11.6 Å². The Labute approximate surface area is 127 Å². The van der Waals surface area contributed by atoms with E-state index in [2.05, 4.69) is 5.92 Å². The van der Waals surface area contributed by atoms with Gasteiger partial charge in [-0.1, -0.05) is 5.92 Å². The second-order valence-corrected chi connectivity index (χ2v) is 9.04. The van der Waals surface area contributed by atoms with E-state index < -0.39 is 42.4 Å². The average Bonchev–Trinajstić information content (AvgIpc) is 2.74. The van der Waals surface area contributed by atoms with Gasteiger partial charge in [-0.15, -0.1) is 6.42 Å². The van der Waals surface area contributed by atoms with E-state index in [9.17, 15) is 25.6 Å². The molecule has 1 aliphatic heterocycles. The highest BCUT2D eigenvalue weighted by atomic mass is 32.2. The summed E-state index contributed by atoms with van der Waals surface area (Å²) in [7, 11) is -7.64. The second kappa shape index (κ2) is 5.95. The molecule has 0 aliphatic carbocycles. The number of hydrogen-bond acceptors (Lipinski definition) is 4. The van der Waals surface area contributed by atoms with Crippen LogP contribution in [0.15, 0.2) is 23.1 Å². The highest BCUT2D eigenvalue weighted by Crippen LogP contribution is 2.25. The molecule has 2 rings (SSSR count). The number of hydrogen-bond donors (Lipinski definition) is 0. The van der Waals surface area contributed by atoms with Crippen LogP contribution in [0, 0.1) is 24.0 Å². The Balaban J connectivity index is 2.45. The maximum absolute atomic E-state index is 13.2. The third-order valence-corrected chi connectivity index (χ3v) is 6.93.